The minimum atomic E-state index is -3.61. The quantitative estimate of drug-likeness (QED) is 0.775. The van der Waals surface area contributed by atoms with Crippen LogP contribution in [0.4, 0.5) is 5.82 Å². The number of anilines is 1. The average molecular weight is 432 g/mol. The monoisotopic (exact) mass is 431 g/mol. The van der Waals surface area contributed by atoms with Crippen LogP contribution in [0.25, 0.3) is 0 Å². The van der Waals surface area contributed by atoms with Crippen LogP contribution in [-0.4, -0.2) is 68.4 Å². The van der Waals surface area contributed by atoms with E-state index in [2.05, 4.69) is 17.3 Å². The lowest BCUT2D eigenvalue weighted by Crippen LogP contribution is -2.37. The lowest BCUT2D eigenvalue weighted by Gasteiger charge is -2.31. The number of benzene rings is 1. The van der Waals surface area contributed by atoms with Gasteiger partial charge in [-0.15, -0.1) is 0 Å². The van der Waals surface area contributed by atoms with Gasteiger partial charge in [0, 0.05) is 31.6 Å². The molecule has 0 spiro atoms. The van der Waals surface area contributed by atoms with Gasteiger partial charge in [0.1, 0.15) is 17.4 Å². The predicted molar refractivity (Wildman–Crippen MR) is 115 cm³/mol. The molecule has 9 heteroatoms. The molecule has 162 valence electrons. The number of likely N-dealkylation sites (N-methyl/N-ethyl adjacent to an activating group) is 1. The van der Waals surface area contributed by atoms with E-state index in [0.717, 1.165) is 48.8 Å². The second-order valence-electron chi connectivity index (χ2n) is 7.97. The van der Waals surface area contributed by atoms with Gasteiger partial charge in [-0.2, -0.15) is 4.31 Å². The summed E-state index contributed by atoms with van der Waals surface area (Å²) >= 11 is 0. The third-order valence-electron chi connectivity index (χ3n) is 5.97. The Morgan fingerprint density at radius 3 is 2.60 bits per heavy atom. The molecule has 1 atom stereocenters. The van der Waals surface area contributed by atoms with Crippen molar-refractivity contribution in [3.8, 4) is 5.75 Å². The molecule has 1 aromatic carbocycles. The van der Waals surface area contributed by atoms with Gasteiger partial charge in [0.2, 0.25) is 10.0 Å². The Hall–Kier alpha value is -2.23. The van der Waals surface area contributed by atoms with E-state index in [-0.39, 0.29) is 17.4 Å². The molecule has 8 nitrogen and oxygen atoms in total. The van der Waals surface area contributed by atoms with E-state index >= 15 is 0 Å². The van der Waals surface area contributed by atoms with Crippen LogP contribution in [-0.2, 0) is 23.0 Å². The molecule has 1 saturated heterocycles. The lowest BCUT2D eigenvalue weighted by atomic mass is 9.96. The van der Waals surface area contributed by atoms with Crippen molar-refractivity contribution < 1.29 is 13.2 Å². The number of nitrogens with zero attached hydrogens (tertiary/aromatic N) is 4. The topological polar surface area (TPSA) is 87.7 Å². The molecule has 1 N–H and O–H groups in total. The Kier molecular flexibility index (Phi) is 5.95. The fourth-order valence-corrected chi connectivity index (χ4v) is 5.70. The van der Waals surface area contributed by atoms with E-state index in [1.165, 1.54) is 4.31 Å². The summed E-state index contributed by atoms with van der Waals surface area (Å²) < 4.78 is 33.1. The molecule has 2 aliphatic rings. The highest BCUT2D eigenvalue weighted by Crippen LogP contribution is 2.31. The number of methoxy groups -OCH3 is 1. The van der Waals surface area contributed by atoms with Gasteiger partial charge in [0.15, 0.2) is 0 Å². The number of hydrogen-bond donors (Lipinski definition) is 1. The Balaban J connectivity index is 1.63. The first-order chi connectivity index (χ1) is 14.4. The predicted octanol–water partition coefficient (Wildman–Crippen LogP) is 2.08. The minimum Gasteiger partial charge on any atom is -0.497 e. The molecule has 2 aromatic rings. The highest BCUT2D eigenvalue weighted by molar-refractivity contribution is 7.89. The molecule has 0 aliphatic carbocycles. The van der Waals surface area contributed by atoms with Crippen molar-refractivity contribution >= 4 is 15.8 Å². The standard InChI is InChI=1S/C21H29N5O3S/c1-22-21-18-10-12-26(30(27,28)17-8-6-16(29-3)7-9-17)14-19(18)23-20(24-21)15-5-4-11-25(2)13-15/h6-9,15H,4-5,10-14H2,1-3H3,(H,22,23,24)/t15-/m0/s1. The zero-order valence-electron chi connectivity index (χ0n) is 17.8. The van der Waals surface area contributed by atoms with Crippen LogP contribution in [0.5, 0.6) is 5.75 Å². The number of aromatic nitrogens is 2. The average Bonchev–Trinajstić information content (AvgIpc) is 2.77. The molecular weight excluding hydrogens is 402 g/mol. The number of ether oxygens (including phenoxy) is 1. The van der Waals surface area contributed by atoms with Crippen molar-refractivity contribution in [1.29, 1.82) is 0 Å². The molecule has 1 fully saturated rings. The van der Waals surface area contributed by atoms with Crippen LogP contribution in [0, 0.1) is 0 Å². The van der Waals surface area contributed by atoms with Crippen molar-refractivity contribution in [3.05, 3.63) is 41.3 Å². The van der Waals surface area contributed by atoms with Gasteiger partial charge in [-0.3, -0.25) is 0 Å². The van der Waals surface area contributed by atoms with Gasteiger partial charge in [-0.25, -0.2) is 18.4 Å². The van der Waals surface area contributed by atoms with Gasteiger partial charge in [0.05, 0.1) is 24.2 Å². The molecule has 0 bridgehead atoms. The second-order valence-corrected chi connectivity index (χ2v) is 9.91. The van der Waals surface area contributed by atoms with Gasteiger partial charge in [-0.05, 0) is 57.1 Å². The summed E-state index contributed by atoms with van der Waals surface area (Å²) in [5.74, 6) is 2.54. The summed E-state index contributed by atoms with van der Waals surface area (Å²) in [6, 6.07) is 6.52. The van der Waals surface area contributed by atoms with Crippen LogP contribution in [0.1, 0.15) is 35.8 Å². The van der Waals surface area contributed by atoms with Gasteiger partial charge >= 0.3 is 0 Å². The second kappa shape index (κ2) is 8.49. The maximum atomic E-state index is 13.2. The highest BCUT2D eigenvalue weighted by atomic mass is 32.2. The maximum absolute atomic E-state index is 13.2. The van der Waals surface area contributed by atoms with Crippen molar-refractivity contribution in [2.45, 2.75) is 36.6 Å². The molecule has 3 heterocycles. The summed E-state index contributed by atoms with van der Waals surface area (Å²) in [7, 11) is 1.93. The minimum absolute atomic E-state index is 0.260. The van der Waals surface area contributed by atoms with Crippen LogP contribution in [0.2, 0.25) is 0 Å². The summed E-state index contributed by atoms with van der Waals surface area (Å²) in [5.41, 5.74) is 1.83. The van der Waals surface area contributed by atoms with Crippen molar-refractivity contribution in [3.63, 3.8) is 0 Å². The van der Waals surface area contributed by atoms with E-state index < -0.39 is 10.0 Å². The maximum Gasteiger partial charge on any atom is 0.243 e. The summed E-state index contributed by atoms with van der Waals surface area (Å²) in [6.45, 7) is 2.69. The first-order valence-electron chi connectivity index (χ1n) is 10.3. The normalized spacial score (nSPS) is 20.6. The fourth-order valence-electron chi connectivity index (χ4n) is 4.29. The number of fused-ring (bicyclic) bond motifs is 1. The van der Waals surface area contributed by atoms with Crippen molar-refractivity contribution in [1.82, 2.24) is 19.2 Å². The molecule has 0 amide bonds. The molecule has 0 unspecified atom stereocenters. The van der Waals surface area contributed by atoms with Gasteiger partial charge < -0.3 is 15.0 Å². The molecular formula is C21H29N5O3S. The lowest BCUT2D eigenvalue weighted by molar-refractivity contribution is 0.245. The first kappa shape index (κ1) is 21.0. The Labute approximate surface area is 178 Å². The van der Waals surface area contributed by atoms with Crippen LogP contribution in [0.3, 0.4) is 0 Å². The fraction of sp³-hybridized carbons (Fsp3) is 0.524. The number of likely N-dealkylation sites (tertiary alicyclic amines) is 1. The molecule has 0 radical (unpaired) electrons. The largest absolute Gasteiger partial charge is 0.497 e. The van der Waals surface area contributed by atoms with Crippen LogP contribution < -0.4 is 10.1 Å². The Bertz CT molecular complexity index is 1010. The summed E-state index contributed by atoms with van der Waals surface area (Å²) in [5, 5.41) is 3.20. The van der Waals surface area contributed by atoms with E-state index in [0.29, 0.717) is 18.7 Å². The molecule has 4 rings (SSSR count). The number of rotatable bonds is 5. The SMILES string of the molecule is CNc1nc([C@H]2CCCN(C)C2)nc2c1CCN(S(=O)(=O)c1ccc(OC)cc1)C2. The van der Waals surface area contributed by atoms with Crippen molar-refractivity contribution in [2.24, 2.45) is 0 Å². The van der Waals surface area contributed by atoms with E-state index in [1.54, 1.807) is 31.4 Å². The van der Waals surface area contributed by atoms with Crippen LogP contribution >= 0.6 is 0 Å². The first-order valence-corrected chi connectivity index (χ1v) is 11.8. The zero-order chi connectivity index (χ0) is 21.3. The summed E-state index contributed by atoms with van der Waals surface area (Å²) in [4.78, 5) is 12.2. The third-order valence-corrected chi connectivity index (χ3v) is 7.83. The number of sulfonamides is 1. The van der Waals surface area contributed by atoms with E-state index in [1.807, 2.05) is 7.05 Å². The van der Waals surface area contributed by atoms with E-state index in [4.69, 9.17) is 14.7 Å². The number of piperidine rings is 1. The Morgan fingerprint density at radius 2 is 1.93 bits per heavy atom. The van der Waals surface area contributed by atoms with Crippen molar-refractivity contribution in [2.75, 3.05) is 46.2 Å². The zero-order valence-corrected chi connectivity index (χ0v) is 18.6. The summed E-state index contributed by atoms with van der Waals surface area (Å²) in [6.07, 6.45) is 2.76. The number of nitrogens with one attached hydrogen (secondary N) is 1. The molecule has 0 saturated carbocycles. The molecule has 1 aromatic heterocycles. The van der Waals surface area contributed by atoms with Crippen LogP contribution in [0.15, 0.2) is 29.2 Å². The van der Waals surface area contributed by atoms with Gasteiger partial charge in [0.25, 0.3) is 0 Å². The molecule has 2 aliphatic heterocycles. The van der Waals surface area contributed by atoms with E-state index in [9.17, 15) is 8.42 Å². The molecule has 30 heavy (non-hydrogen) atoms. The van der Waals surface area contributed by atoms with Gasteiger partial charge in [-0.1, -0.05) is 0 Å². The number of hydrogen-bond acceptors (Lipinski definition) is 7. The Morgan fingerprint density at radius 1 is 1.17 bits per heavy atom. The smallest absolute Gasteiger partial charge is 0.243 e. The highest BCUT2D eigenvalue weighted by Gasteiger charge is 2.32. The third kappa shape index (κ3) is 4.01.